The summed E-state index contributed by atoms with van der Waals surface area (Å²) in [7, 11) is 0. The van der Waals surface area contributed by atoms with E-state index in [0.29, 0.717) is 19.5 Å². The molecule has 0 aliphatic rings. The second-order valence-corrected chi connectivity index (χ2v) is 11.3. The number of aliphatic hydroxyl groups excluding tert-OH is 2. The molecule has 0 spiro atoms. The van der Waals surface area contributed by atoms with E-state index in [0.717, 1.165) is 25.7 Å². The molecule has 3 amide bonds. The molecule has 1 atom stereocenters. The normalized spacial score (nSPS) is 12.4. The number of hydrogen-bond acceptors (Lipinski definition) is 5. The fourth-order valence-corrected chi connectivity index (χ4v) is 4.08. The Bertz CT molecular complexity index is 667. The predicted molar refractivity (Wildman–Crippen MR) is 159 cm³/mol. The average molecular weight is 554 g/mol. The molecule has 1 unspecified atom stereocenters. The number of allylic oxidation sites excluding steroid dienone is 2. The minimum Gasteiger partial charge on any atom is -0.396 e. The Morgan fingerprint density at radius 3 is 1.69 bits per heavy atom. The first-order valence-corrected chi connectivity index (χ1v) is 15.5. The fourth-order valence-electron chi connectivity index (χ4n) is 4.08. The highest BCUT2D eigenvalue weighted by Gasteiger charge is 2.32. The molecule has 8 nitrogen and oxygen atoms in total. The molecule has 5 N–H and O–H groups in total. The van der Waals surface area contributed by atoms with Crippen LogP contribution in [0.25, 0.3) is 0 Å². The maximum Gasteiger partial charge on any atom is 0.249 e. The van der Waals surface area contributed by atoms with Crippen molar-refractivity contribution in [3.63, 3.8) is 0 Å². The highest BCUT2D eigenvalue weighted by Crippen LogP contribution is 2.19. The quantitative estimate of drug-likeness (QED) is 0.0767. The van der Waals surface area contributed by atoms with Crippen LogP contribution < -0.4 is 16.0 Å². The van der Waals surface area contributed by atoms with E-state index in [9.17, 15) is 24.6 Å². The predicted octanol–water partition coefficient (Wildman–Crippen LogP) is 4.92. The monoisotopic (exact) mass is 553 g/mol. The largest absolute Gasteiger partial charge is 0.396 e. The van der Waals surface area contributed by atoms with Crippen LogP contribution in [-0.4, -0.2) is 60.3 Å². The van der Waals surface area contributed by atoms with E-state index in [4.69, 9.17) is 0 Å². The van der Waals surface area contributed by atoms with Crippen LogP contribution in [0.2, 0.25) is 0 Å². The Morgan fingerprint density at radius 1 is 0.667 bits per heavy atom. The van der Waals surface area contributed by atoms with Crippen LogP contribution in [0.5, 0.6) is 0 Å². The summed E-state index contributed by atoms with van der Waals surface area (Å²) in [4.78, 5) is 35.7. The number of carbonyl (C=O) groups excluding carboxylic acids is 3. The van der Waals surface area contributed by atoms with Gasteiger partial charge in [0.25, 0.3) is 0 Å². The third-order valence-electron chi connectivity index (χ3n) is 6.96. The topological polar surface area (TPSA) is 128 Å². The van der Waals surface area contributed by atoms with Crippen molar-refractivity contribution in [1.29, 1.82) is 0 Å². The summed E-state index contributed by atoms with van der Waals surface area (Å²) in [5.74, 6) is -0.683. The summed E-state index contributed by atoms with van der Waals surface area (Å²) >= 11 is 0. The van der Waals surface area contributed by atoms with Crippen molar-refractivity contribution in [3.8, 4) is 0 Å². The second-order valence-electron chi connectivity index (χ2n) is 11.3. The minimum absolute atomic E-state index is 0.0963. The third-order valence-corrected chi connectivity index (χ3v) is 6.96. The van der Waals surface area contributed by atoms with E-state index in [1.165, 1.54) is 70.6 Å². The van der Waals surface area contributed by atoms with Crippen LogP contribution in [0.15, 0.2) is 12.2 Å². The molecule has 0 aliphatic heterocycles. The number of aliphatic hydroxyl groups is 2. The van der Waals surface area contributed by atoms with E-state index in [1.807, 2.05) is 0 Å². The van der Waals surface area contributed by atoms with Gasteiger partial charge in [-0.25, -0.2) is 0 Å². The Hall–Kier alpha value is -1.93. The molecule has 8 heteroatoms. The van der Waals surface area contributed by atoms with Crippen LogP contribution in [-0.2, 0) is 14.4 Å². The summed E-state index contributed by atoms with van der Waals surface area (Å²) in [6, 6.07) is 0. The van der Waals surface area contributed by atoms with Gasteiger partial charge in [0.15, 0.2) is 0 Å². The van der Waals surface area contributed by atoms with Gasteiger partial charge in [-0.05, 0) is 44.9 Å². The van der Waals surface area contributed by atoms with Crippen LogP contribution in [0.4, 0.5) is 0 Å². The van der Waals surface area contributed by atoms with Crippen molar-refractivity contribution in [2.24, 2.45) is 5.41 Å². The first-order valence-electron chi connectivity index (χ1n) is 15.5. The average Bonchev–Trinajstić information content (AvgIpc) is 2.92. The molecule has 0 radical (unpaired) electrons. The van der Waals surface area contributed by atoms with Crippen LogP contribution >= 0.6 is 0 Å². The van der Waals surface area contributed by atoms with Crippen molar-refractivity contribution in [3.05, 3.63) is 12.2 Å². The van der Waals surface area contributed by atoms with Crippen LogP contribution in [0.3, 0.4) is 0 Å². The summed E-state index contributed by atoms with van der Waals surface area (Å²) in [6.07, 6.45) is 21.8. The molecule has 0 bridgehead atoms. The van der Waals surface area contributed by atoms with Gasteiger partial charge in [-0.1, -0.05) is 84.3 Å². The molecule has 0 aliphatic carbocycles. The molecule has 0 aromatic heterocycles. The highest BCUT2D eigenvalue weighted by atomic mass is 16.3. The Labute approximate surface area is 238 Å². The zero-order valence-electron chi connectivity index (χ0n) is 25.2. The van der Waals surface area contributed by atoms with E-state index in [1.54, 1.807) is 13.8 Å². The molecule has 228 valence electrons. The second kappa shape index (κ2) is 25.1. The van der Waals surface area contributed by atoms with Crippen molar-refractivity contribution < 1.29 is 24.6 Å². The van der Waals surface area contributed by atoms with E-state index >= 15 is 0 Å². The lowest BCUT2D eigenvalue weighted by molar-refractivity contribution is -0.137. The summed E-state index contributed by atoms with van der Waals surface area (Å²) in [6.45, 7) is 6.35. The zero-order valence-corrected chi connectivity index (χ0v) is 25.2. The molecule has 0 heterocycles. The number of rotatable bonds is 26. The van der Waals surface area contributed by atoms with Gasteiger partial charge >= 0.3 is 0 Å². The lowest BCUT2D eigenvalue weighted by atomic mass is 9.87. The zero-order chi connectivity index (χ0) is 29.2. The SMILES string of the molecule is CCCCCCCC/C=C\CCCCCCCC(=O)NCCCCNC(=O)CCNC(=O)C(O)C(C)(C)CO. The number of amides is 3. The van der Waals surface area contributed by atoms with E-state index < -0.39 is 17.4 Å². The highest BCUT2D eigenvalue weighted by molar-refractivity contribution is 5.82. The summed E-state index contributed by atoms with van der Waals surface area (Å²) < 4.78 is 0. The van der Waals surface area contributed by atoms with E-state index in [-0.39, 0.29) is 31.4 Å². The fraction of sp³-hybridized carbons (Fsp3) is 0.839. The maximum absolute atomic E-state index is 12.0. The Morgan fingerprint density at radius 2 is 1.15 bits per heavy atom. The number of carbonyl (C=O) groups is 3. The van der Waals surface area contributed by atoms with Gasteiger partial charge in [-0.2, -0.15) is 0 Å². The lowest BCUT2D eigenvalue weighted by Gasteiger charge is -2.27. The molecule has 0 rings (SSSR count). The van der Waals surface area contributed by atoms with Crippen molar-refractivity contribution in [2.75, 3.05) is 26.2 Å². The van der Waals surface area contributed by atoms with Gasteiger partial charge in [-0.3, -0.25) is 14.4 Å². The molecule has 39 heavy (non-hydrogen) atoms. The van der Waals surface area contributed by atoms with Gasteiger partial charge in [0, 0.05) is 37.9 Å². The van der Waals surface area contributed by atoms with Gasteiger partial charge in [-0.15, -0.1) is 0 Å². The molecule has 0 saturated carbocycles. The Balaban J connectivity index is 3.50. The van der Waals surface area contributed by atoms with Crippen molar-refractivity contribution >= 4 is 17.7 Å². The first-order chi connectivity index (χ1) is 18.7. The van der Waals surface area contributed by atoms with Gasteiger partial charge in [0.1, 0.15) is 6.10 Å². The summed E-state index contributed by atoms with van der Waals surface area (Å²) in [5, 5.41) is 27.4. The van der Waals surface area contributed by atoms with Gasteiger partial charge < -0.3 is 26.2 Å². The molecule has 0 aromatic carbocycles. The van der Waals surface area contributed by atoms with Gasteiger partial charge in [0.05, 0.1) is 6.61 Å². The molecule has 0 aromatic rings. The summed E-state index contributed by atoms with van der Waals surface area (Å²) in [5.41, 5.74) is -0.939. The molecule has 0 fully saturated rings. The first kappa shape index (κ1) is 37.1. The lowest BCUT2D eigenvalue weighted by Crippen LogP contribution is -2.46. The van der Waals surface area contributed by atoms with Crippen molar-refractivity contribution in [2.45, 2.75) is 136 Å². The Kier molecular flexibility index (Phi) is 23.8. The number of nitrogens with one attached hydrogen (secondary N) is 3. The number of hydrogen-bond donors (Lipinski definition) is 5. The maximum atomic E-state index is 12.0. The molecular weight excluding hydrogens is 494 g/mol. The smallest absolute Gasteiger partial charge is 0.249 e. The minimum atomic E-state index is -1.34. The van der Waals surface area contributed by atoms with Crippen LogP contribution in [0, 0.1) is 5.41 Å². The third kappa shape index (κ3) is 22.6. The molecule has 0 saturated heterocycles. The van der Waals surface area contributed by atoms with Crippen molar-refractivity contribution in [1.82, 2.24) is 16.0 Å². The van der Waals surface area contributed by atoms with Gasteiger partial charge in [0.2, 0.25) is 17.7 Å². The van der Waals surface area contributed by atoms with E-state index in [2.05, 4.69) is 35.0 Å². The number of unbranched alkanes of at least 4 members (excludes halogenated alkanes) is 12. The standard InChI is InChI=1S/C31H59N3O5/c1-4-5-6-7-8-9-10-11-12-13-14-15-16-17-18-21-27(36)32-23-19-20-24-33-28(37)22-25-34-30(39)29(38)31(2,3)26-35/h11-12,29,35,38H,4-10,13-26H2,1-3H3,(H,32,36)(H,33,37)(H,34,39)/b12-11-. The molecular formula is C31H59N3O5. The van der Waals surface area contributed by atoms with Crippen LogP contribution in [0.1, 0.15) is 130 Å².